The number of piperidine rings is 1. The van der Waals surface area contributed by atoms with Crippen LogP contribution in [0, 0.1) is 0 Å². The van der Waals surface area contributed by atoms with Crippen LogP contribution < -0.4 is 5.32 Å². The molecular formula is C21H23N7O. The van der Waals surface area contributed by atoms with E-state index in [0.29, 0.717) is 23.8 Å². The maximum absolute atomic E-state index is 13.1. The van der Waals surface area contributed by atoms with E-state index in [2.05, 4.69) is 25.5 Å². The minimum atomic E-state index is 0.0375. The Morgan fingerprint density at radius 1 is 1.17 bits per heavy atom. The van der Waals surface area contributed by atoms with Gasteiger partial charge in [-0.3, -0.25) is 14.9 Å². The van der Waals surface area contributed by atoms with E-state index < -0.39 is 0 Å². The first-order chi connectivity index (χ1) is 14.3. The molecule has 2 fully saturated rings. The molecular weight excluding hydrogens is 366 g/mol. The fourth-order valence-electron chi connectivity index (χ4n) is 3.81. The van der Waals surface area contributed by atoms with Crippen LogP contribution in [-0.2, 0) is 0 Å². The molecule has 1 amide bonds. The third-order valence-electron chi connectivity index (χ3n) is 5.50. The zero-order chi connectivity index (χ0) is 19.6. The van der Waals surface area contributed by atoms with Crippen LogP contribution in [0.5, 0.6) is 0 Å². The summed E-state index contributed by atoms with van der Waals surface area (Å²) in [5, 5.41) is 10.7. The normalized spacial score (nSPS) is 19.2. The van der Waals surface area contributed by atoms with Crippen molar-refractivity contribution in [3.63, 3.8) is 0 Å². The third kappa shape index (κ3) is 3.96. The molecule has 29 heavy (non-hydrogen) atoms. The van der Waals surface area contributed by atoms with Crippen LogP contribution in [0.1, 0.15) is 59.5 Å². The molecule has 2 N–H and O–H groups in total. The third-order valence-corrected chi connectivity index (χ3v) is 5.50. The van der Waals surface area contributed by atoms with E-state index in [1.807, 2.05) is 29.2 Å². The van der Waals surface area contributed by atoms with E-state index in [-0.39, 0.29) is 11.8 Å². The number of anilines is 2. The molecule has 2 aromatic heterocycles. The van der Waals surface area contributed by atoms with Crippen LogP contribution in [0.4, 0.5) is 11.5 Å². The van der Waals surface area contributed by atoms with E-state index in [9.17, 15) is 4.79 Å². The Kier molecular flexibility index (Phi) is 4.67. The number of amides is 1. The molecule has 3 heterocycles. The molecule has 1 saturated carbocycles. The second kappa shape index (κ2) is 7.62. The van der Waals surface area contributed by atoms with Crippen LogP contribution in [0.3, 0.4) is 0 Å². The van der Waals surface area contributed by atoms with E-state index in [1.54, 1.807) is 18.6 Å². The number of hydrogen-bond donors (Lipinski definition) is 2. The van der Waals surface area contributed by atoms with Crippen molar-refractivity contribution in [2.75, 3.05) is 18.4 Å². The summed E-state index contributed by atoms with van der Waals surface area (Å²) in [5.41, 5.74) is 1.47. The van der Waals surface area contributed by atoms with Gasteiger partial charge < -0.3 is 10.2 Å². The van der Waals surface area contributed by atoms with Gasteiger partial charge >= 0.3 is 0 Å². The lowest BCUT2D eigenvalue weighted by Crippen LogP contribution is -2.39. The van der Waals surface area contributed by atoms with Gasteiger partial charge in [0.15, 0.2) is 5.82 Å². The van der Waals surface area contributed by atoms with E-state index >= 15 is 0 Å². The van der Waals surface area contributed by atoms with Gasteiger partial charge in [-0.05, 0) is 43.9 Å². The molecule has 1 aliphatic heterocycles. The van der Waals surface area contributed by atoms with Crippen molar-refractivity contribution in [3.05, 3.63) is 60.1 Å². The summed E-state index contributed by atoms with van der Waals surface area (Å²) < 4.78 is 0. The molecule has 1 atom stereocenters. The summed E-state index contributed by atoms with van der Waals surface area (Å²) in [7, 11) is 0. The number of nitrogens with zero attached hydrogens (tertiary/aromatic N) is 5. The van der Waals surface area contributed by atoms with Gasteiger partial charge in [-0.25, -0.2) is 9.97 Å². The number of nitrogens with one attached hydrogen (secondary N) is 2. The van der Waals surface area contributed by atoms with Crippen LogP contribution in [0.2, 0.25) is 0 Å². The summed E-state index contributed by atoms with van der Waals surface area (Å²) in [6, 6.07) is 7.51. The molecule has 3 aromatic rings. The number of benzene rings is 1. The Labute approximate surface area is 168 Å². The zero-order valence-electron chi connectivity index (χ0n) is 16.1. The Bertz CT molecular complexity index is 999. The van der Waals surface area contributed by atoms with Crippen molar-refractivity contribution in [2.45, 2.75) is 37.5 Å². The van der Waals surface area contributed by atoms with Crippen LogP contribution >= 0.6 is 0 Å². The molecule has 0 spiro atoms. The molecule has 1 aliphatic carbocycles. The number of rotatable bonds is 5. The Morgan fingerprint density at radius 3 is 2.93 bits per heavy atom. The number of likely N-dealkylation sites (tertiary alicyclic amines) is 1. The SMILES string of the molecule is O=C(c1cccc(Nc2cnccn2)c1)N1CCCC(c2n[nH]c(C3CC3)n2)C1. The van der Waals surface area contributed by atoms with E-state index in [1.165, 1.54) is 12.8 Å². The predicted octanol–water partition coefficient (Wildman–Crippen LogP) is 3.24. The Hall–Kier alpha value is -3.29. The van der Waals surface area contributed by atoms with Crippen molar-refractivity contribution in [1.29, 1.82) is 0 Å². The molecule has 1 unspecified atom stereocenters. The predicted molar refractivity (Wildman–Crippen MR) is 108 cm³/mol. The van der Waals surface area contributed by atoms with Crippen LogP contribution in [-0.4, -0.2) is 49.0 Å². The number of carbonyl (C=O) groups excluding carboxylic acids is 1. The van der Waals surface area contributed by atoms with Crippen molar-refractivity contribution in [3.8, 4) is 0 Å². The van der Waals surface area contributed by atoms with Gasteiger partial charge in [-0.15, -0.1) is 0 Å². The Morgan fingerprint density at radius 2 is 2.10 bits per heavy atom. The first-order valence-electron chi connectivity index (χ1n) is 10.1. The standard InChI is InChI=1S/C21H23N7O/c29-21(15-3-1-5-17(11-15)24-18-12-22-8-9-23-18)28-10-2-4-16(13-28)20-25-19(26-27-20)14-6-7-14/h1,3,5,8-9,11-12,14,16H,2,4,6-7,10,13H2,(H,23,24)(H,25,26,27). The van der Waals surface area contributed by atoms with Gasteiger partial charge in [0.25, 0.3) is 5.91 Å². The molecule has 8 heteroatoms. The maximum atomic E-state index is 13.1. The smallest absolute Gasteiger partial charge is 0.253 e. The summed E-state index contributed by atoms with van der Waals surface area (Å²) in [6.07, 6.45) is 9.27. The monoisotopic (exact) mass is 389 g/mol. The van der Waals surface area contributed by atoms with E-state index in [0.717, 1.165) is 36.7 Å². The quantitative estimate of drug-likeness (QED) is 0.695. The first kappa shape index (κ1) is 17.8. The maximum Gasteiger partial charge on any atom is 0.253 e. The fourth-order valence-corrected chi connectivity index (χ4v) is 3.81. The number of H-pyrrole nitrogens is 1. The number of aromatic amines is 1. The van der Waals surface area contributed by atoms with Gasteiger partial charge in [0.2, 0.25) is 0 Å². The van der Waals surface area contributed by atoms with Gasteiger partial charge in [-0.2, -0.15) is 5.10 Å². The lowest BCUT2D eigenvalue weighted by molar-refractivity contribution is 0.0704. The highest BCUT2D eigenvalue weighted by molar-refractivity contribution is 5.95. The molecule has 0 bridgehead atoms. The molecule has 8 nitrogen and oxygen atoms in total. The second-order valence-electron chi connectivity index (χ2n) is 7.74. The average molecular weight is 389 g/mol. The Balaban J connectivity index is 1.28. The minimum absolute atomic E-state index is 0.0375. The number of hydrogen-bond acceptors (Lipinski definition) is 6. The molecule has 5 rings (SSSR count). The molecule has 0 radical (unpaired) electrons. The minimum Gasteiger partial charge on any atom is -0.339 e. The number of carbonyl (C=O) groups is 1. The van der Waals surface area contributed by atoms with Crippen LogP contribution in [0.25, 0.3) is 0 Å². The lowest BCUT2D eigenvalue weighted by atomic mass is 9.96. The van der Waals surface area contributed by atoms with Crippen molar-refractivity contribution in [1.82, 2.24) is 30.0 Å². The first-order valence-corrected chi connectivity index (χ1v) is 10.1. The van der Waals surface area contributed by atoms with Crippen molar-refractivity contribution in [2.24, 2.45) is 0 Å². The van der Waals surface area contributed by atoms with Gasteiger partial charge in [0.1, 0.15) is 11.6 Å². The van der Waals surface area contributed by atoms with Crippen molar-refractivity contribution >= 4 is 17.4 Å². The van der Waals surface area contributed by atoms with E-state index in [4.69, 9.17) is 4.98 Å². The highest BCUT2D eigenvalue weighted by atomic mass is 16.2. The zero-order valence-corrected chi connectivity index (χ0v) is 16.1. The highest BCUT2D eigenvalue weighted by Gasteiger charge is 2.31. The average Bonchev–Trinajstić information content (AvgIpc) is 3.51. The summed E-state index contributed by atoms with van der Waals surface area (Å²) in [4.78, 5) is 28.0. The van der Waals surface area contributed by atoms with Gasteiger partial charge in [0, 0.05) is 48.6 Å². The second-order valence-corrected chi connectivity index (χ2v) is 7.74. The summed E-state index contributed by atoms with van der Waals surface area (Å²) >= 11 is 0. The fraction of sp³-hybridized carbons (Fsp3) is 0.381. The van der Waals surface area contributed by atoms with Gasteiger partial charge in [0.05, 0.1) is 6.20 Å². The molecule has 148 valence electrons. The highest BCUT2D eigenvalue weighted by Crippen LogP contribution is 2.38. The topological polar surface area (TPSA) is 99.7 Å². The van der Waals surface area contributed by atoms with Crippen LogP contribution in [0.15, 0.2) is 42.9 Å². The number of aromatic nitrogens is 5. The van der Waals surface area contributed by atoms with Crippen molar-refractivity contribution < 1.29 is 4.79 Å². The lowest BCUT2D eigenvalue weighted by Gasteiger charge is -2.31. The molecule has 2 aliphatic rings. The molecule has 1 aromatic carbocycles. The summed E-state index contributed by atoms with van der Waals surface area (Å²) in [5.74, 6) is 3.29. The largest absolute Gasteiger partial charge is 0.339 e. The van der Waals surface area contributed by atoms with Gasteiger partial charge in [-0.1, -0.05) is 6.07 Å². The summed E-state index contributed by atoms with van der Waals surface area (Å²) in [6.45, 7) is 1.42. The molecule has 1 saturated heterocycles.